The Morgan fingerprint density at radius 1 is 0.227 bits per heavy atom. The van der Waals surface area contributed by atoms with Gasteiger partial charge in [0.2, 0.25) is 0 Å². The van der Waals surface area contributed by atoms with E-state index in [0.717, 1.165) is 32.9 Å². The monoisotopic (exact) mass is 1300 g/mol. The first-order valence-corrected chi connectivity index (χ1v) is 34.2. The minimum atomic E-state index is -0.441. The first-order valence-electron chi connectivity index (χ1n) is 33.4. The lowest BCUT2D eigenvalue weighted by Gasteiger charge is -2.33. The normalized spacial score (nSPS) is 14.9. The highest BCUT2D eigenvalue weighted by Gasteiger charge is 2.54. The van der Waals surface area contributed by atoms with Gasteiger partial charge >= 0.3 is 0 Å². The Hall–Kier alpha value is -11.9. The van der Waals surface area contributed by atoms with Crippen molar-refractivity contribution in [2.24, 2.45) is 0 Å². The van der Waals surface area contributed by atoms with Gasteiger partial charge in [0.05, 0.1) is 10.8 Å². The zero-order chi connectivity index (χ0) is 64.4. The summed E-state index contributed by atoms with van der Waals surface area (Å²) in [5, 5.41) is 8.64. The molecule has 0 bridgehead atoms. The average Bonchev–Trinajstić information content (AvgIpc) is 1.51. The minimum Gasteiger partial charge on any atom is -0.356 e. The lowest BCUT2D eigenvalue weighted by atomic mass is 9.69. The number of halogens is 1. The molecule has 4 aliphatic carbocycles. The largest absolute Gasteiger partial charge is 0.356 e. The quantitative estimate of drug-likeness (QED) is 0.171. The van der Waals surface area contributed by atoms with Gasteiger partial charge in [-0.15, -0.1) is 0 Å². The molecule has 4 aliphatic rings. The summed E-state index contributed by atoms with van der Waals surface area (Å²) in [7, 11) is 0. The molecule has 0 amide bonds. The van der Waals surface area contributed by atoms with Crippen LogP contribution in [0, 0.1) is 0 Å². The van der Waals surface area contributed by atoms with Crippen LogP contribution in [0.5, 0.6) is 0 Å². The van der Waals surface area contributed by atoms with Gasteiger partial charge in [0.25, 0.3) is 0 Å². The fourth-order valence-electron chi connectivity index (χ4n) is 16.5. The van der Waals surface area contributed by atoms with Crippen LogP contribution >= 0.6 is 15.9 Å². The van der Waals surface area contributed by atoms with Gasteiger partial charge < -0.3 is 10.2 Å². The number of benzene rings is 16. The lowest BCUT2D eigenvalue weighted by Crippen LogP contribution is -2.26. The van der Waals surface area contributed by atoms with E-state index in [-0.39, 0.29) is 5.41 Å². The van der Waals surface area contributed by atoms with E-state index in [4.69, 9.17) is 0 Å². The molecule has 2 spiro atoms. The van der Waals surface area contributed by atoms with Crippen LogP contribution in [0.3, 0.4) is 0 Å². The molecule has 0 radical (unpaired) electrons. The number of hydrogen-bond acceptors (Lipinski definition) is 2. The molecular weight excluding hydrogens is 1240 g/mol. The number of nitrogens with zero attached hydrogens (tertiary/aromatic N) is 1. The van der Waals surface area contributed by atoms with Crippen molar-refractivity contribution in [3.05, 3.63) is 425 Å². The van der Waals surface area contributed by atoms with Gasteiger partial charge in [0.1, 0.15) is 0 Å². The van der Waals surface area contributed by atoms with Crippen LogP contribution in [-0.2, 0) is 10.8 Å². The van der Waals surface area contributed by atoms with Crippen LogP contribution in [0.15, 0.2) is 381 Å². The van der Waals surface area contributed by atoms with E-state index in [1.807, 2.05) is 24.3 Å². The Morgan fingerprint density at radius 3 is 1.12 bits per heavy atom. The molecule has 3 heteroatoms. The Labute approximate surface area is 574 Å². The second-order valence-corrected chi connectivity index (χ2v) is 26.5. The smallest absolute Gasteiger partial charge is 0.0732 e. The minimum absolute atomic E-state index is 0.289. The van der Waals surface area contributed by atoms with Gasteiger partial charge in [-0.3, -0.25) is 0 Å². The van der Waals surface area contributed by atoms with Gasteiger partial charge in [-0.2, -0.15) is 0 Å². The molecule has 0 aliphatic heterocycles. The Kier molecular flexibility index (Phi) is 14.2. The summed E-state index contributed by atoms with van der Waals surface area (Å²) in [5.41, 5.74) is 31.4. The van der Waals surface area contributed by atoms with Crippen LogP contribution in [0.1, 0.15) is 44.5 Å². The van der Waals surface area contributed by atoms with Crippen molar-refractivity contribution < 1.29 is 0 Å². The summed E-state index contributed by atoms with van der Waals surface area (Å²) in [6.07, 6.45) is 0. The van der Waals surface area contributed by atoms with Crippen molar-refractivity contribution in [2.45, 2.75) is 10.8 Å². The van der Waals surface area contributed by atoms with E-state index in [9.17, 15) is 0 Å². The van der Waals surface area contributed by atoms with Crippen LogP contribution in [0.2, 0.25) is 0 Å². The number of nitrogens with one attached hydrogen (secondary N) is 1. The van der Waals surface area contributed by atoms with E-state index in [2.05, 4.69) is 378 Å². The van der Waals surface area contributed by atoms with Crippen molar-refractivity contribution in [2.75, 3.05) is 10.2 Å². The Morgan fingerprint density at radius 2 is 0.588 bits per heavy atom. The molecule has 456 valence electrons. The maximum absolute atomic E-state index is 3.77. The zero-order valence-electron chi connectivity index (χ0n) is 53.1. The van der Waals surface area contributed by atoms with Crippen LogP contribution in [0.4, 0.5) is 28.4 Å². The molecule has 2 nitrogen and oxygen atoms in total. The third-order valence-electron chi connectivity index (χ3n) is 20.4. The van der Waals surface area contributed by atoms with Crippen LogP contribution in [-0.4, -0.2) is 0 Å². The first-order chi connectivity index (χ1) is 48.0. The molecule has 0 saturated carbocycles. The van der Waals surface area contributed by atoms with Crippen molar-refractivity contribution in [1.29, 1.82) is 0 Å². The summed E-state index contributed by atoms with van der Waals surface area (Å²) in [4.78, 5) is 2.41. The maximum Gasteiger partial charge on any atom is 0.0732 e. The van der Waals surface area contributed by atoms with Gasteiger partial charge in [0, 0.05) is 32.9 Å². The van der Waals surface area contributed by atoms with Gasteiger partial charge in [-0.1, -0.05) is 319 Å². The Balaban J connectivity index is 0.000000118. The second kappa shape index (κ2) is 23.8. The fraction of sp³-hybridized carbons (Fsp3) is 0.0213. The van der Waals surface area contributed by atoms with Crippen LogP contribution < -0.4 is 10.2 Å². The van der Waals surface area contributed by atoms with Crippen LogP contribution in [0.25, 0.3) is 88.3 Å². The summed E-state index contributed by atoms with van der Waals surface area (Å²) < 4.78 is 1.12. The fourth-order valence-corrected chi connectivity index (χ4v) is 16.9. The van der Waals surface area contributed by atoms with E-state index in [1.165, 1.54) is 133 Å². The average molecular weight is 1300 g/mol. The van der Waals surface area contributed by atoms with Crippen molar-refractivity contribution in [3.63, 3.8) is 0 Å². The van der Waals surface area contributed by atoms with E-state index < -0.39 is 5.41 Å². The summed E-state index contributed by atoms with van der Waals surface area (Å²) in [6, 6.07) is 136. The highest BCUT2D eigenvalue weighted by molar-refractivity contribution is 9.10. The highest BCUT2D eigenvalue weighted by Crippen LogP contribution is 2.66. The number of fused-ring (bicyclic) bond motifs is 24. The van der Waals surface area contributed by atoms with Crippen molar-refractivity contribution in [3.8, 4) is 66.8 Å². The first kappa shape index (κ1) is 57.8. The van der Waals surface area contributed by atoms with Crippen molar-refractivity contribution >= 4 is 65.9 Å². The van der Waals surface area contributed by atoms with Gasteiger partial charge in [0.15, 0.2) is 0 Å². The summed E-state index contributed by atoms with van der Waals surface area (Å²) in [6.45, 7) is 0. The molecule has 2 atom stereocenters. The SMILES string of the molecule is Brc1ccc2c(c1)C1(c3ccccc3-2)c2ccccc2-c2ccc3ccccc3c21.c1ccc(-c2cccc(N(c3ccccc3)c3ccc4c(c3)C3(c5ccccc5-4)c4ccccc4-c4ccc5ccccc5c43)c2)cc1.c1ccc(Nc2cccc(-c3ccccc3)c2)cc1. The molecule has 0 fully saturated rings. The molecule has 97 heavy (non-hydrogen) atoms. The van der Waals surface area contributed by atoms with E-state index in [1.54, 1.807) is 0 Å². The molecule has 16 aromatic carbocycles. The topological polar surface area (TPSA) is 15.3 Å². The number of rotatable bonds is 7. The standard InChI is InChI=1S/C47H31N.C29H17Br.C18H15N/c1-3-14-32(15-4-1)34-17-13-20-36(30-34)48(35-18-5-2-6-19-35)37-27-29-41-39-22-9-11-24-43(39)47(45(41)31-37)44-25-12-10-23-40(44)42-28-26-33-16-7-8-21-38(33)46(42)47;30-19-14-16-23-21-9-3-5-11-25(21)29(27(23)17-19)26-12-6-4-10-22(26)24-15-13-18-7-1-2-8-20(18)28(24)29;1-3-8-15(9-4-1)16-10-7-13-18(14-16)19-17-11-5-2-6-12-17/h1-31H;1-17H;1-14,19H. The predicted octanol–water partition coefficient (Wildman–Crippen LogP) is 25.4. The maximum atomic E-state index is 3.77. The number of hydrogen-bond donors (Lipinski definition) is 1. The molecule has 2 unspecified atom stereocenters. The third kappa shape index (κ3) is 9.36. The summed E-state index contributed by atoms with van der Waals surface area (Å²) in [5.74, 6) is 0. The molecule has 0 heterocycles. The molecule has 1 N–H and O–H groups in total. The Bertz CT molecular complexity index is 5680. The van der Waals surface area contributed by atoms with E-state index >= 15 is 0 Å². The second-order valence-electron chi connectivity index (χ2n) is 25.5. The molecule has 0 saturated heterocycles. The van der Waals surface area contributed by atoms with Crippen molar-refractivity contribution in [1.82, 2.24) is 0 Å². The third-order valence-corrected chi connectivity index (χ3v) is 20.9. The zero-order valence-corrected chi connectivity index (χ0v) is 54.7. The molecule has 16 aromatic rings. The molecular formula is C94H63BrN2. The van der Waals surface area contributed by atoms with Gasteiger partial charge in [-0.25, -0.2) is 0 Å². The molecule has 20 rings (SSSR count). The number of anilines is 5. The lowest BCUT2D eigenvalue weighted by molar-refractivity contribution is 0.800. The predicted molar refractivity (Wildman–Crippen MR) is 410 cm³/mol. The van der Waals surface area contributed by atoms with Gasteiger partial charge in [-0.05, 0) is 206 Å². The highest BCUT2D eigenvalue weighted by atomic mass is 79.9. The molecule has 0 aromatic heterocycles. The van der Waals surface area contributed by atoms with E-state index in [0.29, 0.717) is 0 Å². The summed E-state index contributed by atoms with van der Waals surface area (Å²) >= 11 is 3.77. The number of para-hydroxylation sites is 2.